The molecule has 118 valence electrons. The molecule has 2 saturated carbocycles. The Morgan fingerprint density at radius 3 is 2.35 bits per heavy atom. The van der Waals surface area contributed by atoms with Crippen molar-refractivity contribution in [2.24, 2.45) is 0 Å². The molecule has 2 rings (SSSR count). The largest absolute Gasteiger partial charge is 0.314 e. The van der Waals surface area contributed by atoms with Crippen molar-refractivity contribution in [2.45, 2.75) is 64.0 Å². The normalized spacial score (nSPS) is 20.0. The Morgan fingerprint density at radius 2 is 1.80 bits per heavy atom. The molecule has 0 heterocycles. The van der Waals surface area contributed by atoms with Gasteiger partial charge in [0.25, 0.3) is 10.2 Å². The number of unbranched alkanes of at least 4 members (excludes halogenated alkanes) is 1. The summed E-state index contributed by atoms with van der Waals surface area (Å²) in [5.41, 5.74) is 0. The van der Waals surface area contributed by atoms with Crippen molar-refractivity contribution >= 4 is 10.2 Å². The third kappa shape index (κ3) is 4.69. The van der Waals surface area contributed by atoms with E-state index in [1.54, 1.807) is 11.4 Å². The molecule has 5 nitrogen and oxygen atoms in total. The second-order valence-corrected chi connectivity index (χ2v) is 8.09. The molecule has 0 aromatic rings. The van der Waals surface area contributed by atoms with Gasteiger partial charge in [-0.2, -0.15) is 17.0 Å². The number of nitrogens with one attached hydrogen (secondary N) is 1. The highest BCUT2D eigenvalue weighted by Gasteiger charge is 2.38. The molecule has 0 bridgehead atoms. The lowest BCUT2D eigenvalue weighted by molar-refractivity contribution is 0.345. The van der Waals surface area contributed by atoms with Crippen molar-refractivity contribution in [3.05, 3.63) is 0 Å². The molecule has 0 aliphatic heterocycles. The van der Waals surface area contributed by atoms with Gasteiger partial charge in [0.1, 0.15) is 0 Å². The second kappa shape index (κ2) is 7.20. The van der Waals surface area contributed by atoms with Gasteiger partial charge >= 0.3 is 0 Å². The van der Waals surface area contributed by atoms with Gasteiger partial charge in [0, 0.05) is 32.2 Å². The lowest BCUT2D eigenvalue weighted by atomic mass is 10.3. The summed E-state index contributed by atoms with van der Waals surface area (Å²) in [4.78, 5) is 0. The highest BCUT2D eigenvalue weighted by atomic mass is 32.2. The first-order valence-corrected chi connectivity index (χ1v) is 9.42. The van der Waals surface area contributed by atoms with Gasteiger partial charge in [-0.15, -0.1) is 0 Å². The Kier molecular flexibility index (Phi) is 5.84. The zero-order valence-electron chi connectivity index (χ0n) is 12.8. The number of rotatable bonds is 11. The van der Waals surface area contributed by atoms with E-state index in [0.29, 0.717) is 19.1 Å². The minimum absolute atomic E-state index is 0.263. The van der Waals surface area contributed by atoms with Crippen molar-refractivity contribution in [3.8, 4) is 0 Å². The summed E-state index contributed by atoms with van der Waals surface area (Å²) in [6.45, 7) is 4.30. The van der Waals surface area contributed by atoms with Gasteiger partial charge in [-0.3, -0.25) is 0 Å². The summed E-state index contributed by atoms with van der Waals surface area (Å²) < 4.78 is 28.4. The van der Waals surface area contributed by atoms with E-state index in [1.807, 2.05) is 0 Å². The van der Waals surface area contributed by atoms with Crippen LogP contribution in [0.25, 0.3) is 0 Å². The minimum Gasteiger partial charge on any atom is -0.314 e. The lowest BCUT2D eigenvalue weighted by Crippen LogP contribution is -2.44. The fourth-order valence-electron chi connectivity index (χ4n) is 2.35. The zero-order chi connectivity index (χ0) is 14.6. The Morgan fingerprint density at radius 1 is 1.10 bits per heavy atom. The van der Waals surface area contributed by atoms with E-state index in [-0.39, 0.29) is 6.04 Å². The van der Waals surface area contributed by atoms with Crippen molar-refractivity contribution < 1.29 is 8.42 Å². The molecule has 20 heavy (non-hydrogen) atoms. The summed E-state index contributed by atoms with van der Waals surface area (Å²) in [7, 11) is -1.54. The number of nitrogens with zero attached hydrogens (tertiary/aromatic N) is 2. The molecule has 0 aromatic carbocycles. The van der Waals surface area contributed by atoms with Crippen LogP contribution in [-0.4, -0.2) is 55.8 Å². The van der Waals surface area contributed by atoms with Crippen LogP contribution in [0, 0.1) is 0 Å². The molecule has 2 aliphatic rings. The summed E-state index contributed by atoms with van der Waals surface area (Å²) in [5, 5.41) is 3.43. The SMILES string of the molecule is CCCCN(C1CC1)S(=O)(=O)N(C)CCCNC1CC1. The molecule has 6 heteroatoms. The van der Waals surface area contributed by atoms with E-state index in [1.165, 1.54) is 17.1 Å². The van der Waals surface area contributed by atoms with E-state index in [4.69, 9.17) is 0 Å². The molecule has 0 amide bonds. The molecule has 1 N–H and O–H groups in total. The highest BCUT2D eigenvalue weighted by molar-refractivity contribution is 7.86. The Balaban J connectivity index is 1.78. The topological polar surface area (TPSA) is 52.7 Å². The monoisotopic (exact) mass is 303 g/mol. The maximum Gasteiger partial charge on any atom is 0.281 e. The van der Waals surface area contributed by atoms with Gasteiger partial charge in [-0.1, -0.05) is 13.3 Å². The summed E-state index contributed by atoms with van der Waals surface area (Å²) in [5.74, 6) is 0. The predicted octanol–water partition coefficient (Wildman–Crippen LogP) is 1.57. The third-order valence-electron chi connectivity index (χ3n) is 4.04. The highest BCUT2D eigenvalue weighted by Crippen LogP contribution is 2.30. The van der Waals surface area contributed by atoms with Crippen LogP contribution in [0.1, 0.15) is 51.9 Å². The van der Waals surface area contributed by atoms with E-state index < -0.39 is 10.2 Å². The van der Waals surface area contributed by atoms with Crippen molar-refractivity contribution in [1.82, 2.24) is 13.9 Å². The maximum atomic E-state index is 12.6. The number of hydrogen-bond acceptors (Lipinski definition) is 3. The first-order valence-electron chi connectivity index (χ1n) is 8.02. The van der Waals surface area contributed by atoms with Gasteiger partial charge in [0.2, 0.25) is 0 Å². The van der Waals surface area contributed by atoms with Gasteiger partial charge in [0.05, 0.1) is 0 Å². The van der Waals surface area contributed by atoms with Gasteiger partial charge in [0.15, 0.2) is 0 Å². The Bertz CT molecular complexity index is 391. The molecule has 0 radical (unpaired) electrons. The Hall–Kier alpha value is -0.170. The fourth-order valence-corrected chi connectivity index (χ4v) is 4.02. The number of hydrogen-bond donors (Lipinski definition) is 1. The summed E-state index contributed by atoms with van der Waals surface area (Å²) >= 11 is 0. The van der Waals surface area contributed by atoms with E-state index in [2.05, 4.69) is 12.2 Å². The predicted molar refractivity (Wildman–Crippen MR) is 81.8 cm³/mol. The first kappa shape index (κ1) is 16.2. The lowest BCUT2D eigenvalue weighted by Gasteiger charge is -2.27. The van der Waals surface area contributed by atoms with Crippen molar-refractivity contribution in [3.63, 3.8) is 0 Å². The van der Waals surface area contributed by atoms with Crippen LogP contribution >= 0.6 is 0 Å². The van der Waals surface area contributed by atoms with E-state index in [0.717, 1.165) is 38.6 Å². The maximum absolute atomic E-state index is 12.6. The summed E-state index contributed by atoms with van der Waals surface area (Å²) in [6, 6.07) is 0.961. The average molecular weight is 303 g/mol. The molecule has 0 unspecified atom stereocenters. The van der Waals surface area contributed by atoms with Crippen LogP contribution in [0.4, 0.5) is 0 Å². The molecule has 0 spiro atoms. The first-order chi connectivity index (χ1) is 9.55. The fraction of sp³-hybridized carbons (Fsp3) is 1.00. The molecule has 2 fully saturated rings. The van der Waals surface area contributed by atoms with Gasteiger partial charge in [-0.25, -0.2) is 0 Å². The van der Waals surface area contributed by atoms with Crippen molar-refractivity contribution in [1.29, 1.82) is 0 Å². The van der Waals surface area contributed by atoms with Crippen LogP contribution in [0.5, 0.6) is 0 Å². The molecular formula is C14H29N3O2S. The second-order valence-electron chi connectivity index (χ2n) is 6.11. The molecular weight excluding hydrogens is 274 g/mol. The molecule has 2 aliphatic carbocycles. The van der Waals surface area contributed by atoms with Gasteiger partial charge < -0.3 is 5.32 Å². The molecule has 0 saturated heterocycles. The van der Waals surface area contributed by atoms with Crippen LogP contribution in [0.3, 0.4) is 0 Å². The van der Waals surface area contributed by atoms with Crippen LogP contribution in [-0.2, 0) is 10.2 Å². The standard InChI is InChI=1S/C14H29N3O2S/c1-3-4-12-17(14-8-9-14)20(18,19)16(2)11-5-10-15-13-6-7-13/h13-15H,3-12H2,1-2H3. The quantitative estimate of drug-likeness (QED) is 0.590. The van der Waals surface area contributed by atoms with Crippen molar-refractivity contribution in [2.75, 3.05) is 26.7 Å². The van der Waals surface area contributed by atoms with Gasteiger partial charge in [-0.05, 0) is 45.1 Å². The Labute approximate surface area is 123 Å². The van der Waals surface area contributed by atoms with E-state index >= 15 is 0 Å². The third-order valence-corrected chi connectivity index (χ3v) is 6.08. The zero-order valence-corrected chi connectivity index (χ0v) is 13.7. The van der Waals surface area contributed by atoms with Crippen LogP contribution in [0.15, 0.2) is 0 Å². The van der Waals surface area contributed by atoms with E-state index in [9.17, 15) is 8.42 Å². The van der Waals surface area contributed by atoms with Crippen LogP contribution < -0.4 is 5.32 Å². The molecule has 0 aromatic heterocycles. The summed E-state index contributed by atoms with van der Waals surface area (Å²) in [6.07, 6.45) is 7.49. The smallest absolute Gasteiger partial charge is 0.281 e. The van der Waals surface area contributed by atoms with Crippen LogP contribution in [0.2, 0.25) is 0 Å². The molecule has 0 atom stereocenters. The average Bonchev–Trinajstić information content (AvgIpc) is 3.26. The minimum atomic E-state index is -3.26.